The number of nitrogens with zero attached hydrogens (tertiary/aromatic N) is 3. The third-order valence-electron chi connectivity index (χ3n) is 4.72. The van der Waals surface area contributed by atoms with Crippen LogP contribution in [-0.2, 0) is 4.79 Å². The van der Waals surface area contributed by atoms with Crippen LogP contribution in [0, 0.1) is 0 Å². The van der Waals surface area contributed by atoms with Gasteiger partial charge in [0.05, 0.1) is 5.56 Å². The highest BCUT2D eigenvalue weighted by molar-refractivity contribution is 7.99. The van der Waals surface area contributed by atoms with Gasteiger partial charge in [-0.25, -0.2) is 9.78 Å². The van der Waals surface area contributed by atoms with Gasteiger partial charge in [0.1, 0.15) is 11.4 Å². The Morgan fingerprint density at radius 3 is 2.15 bits per heavy atom. The normalized spacial score (nSPS) is 10.5. The Morgan fingerprint density at radius 1 is 0.818 bits per heavy atom. The average molecular weight is 457 g/mol. The van der Waals surface area contributed by atoms with Crippen LogP contribution in [0.25, 0.3) is 22.5 Å². The predicted octanol–water partition coefficient (Wildman–Crippen LogP) is 5.02. The highest BCUT2D eigenvalue weighted by Crippen LogP contribution is 2.29. The molecule has 164 valence electrons. The summed E-state index contributed by atoms with van der Waals surface area (Å²) in [6.45, 7) is 0. The number of nitrogens with one attached hydrogen (secondary N) is 1. The molecule has 1 aromatic heterocycles. The fourth-order valence-corrected chi connectivity index (χ4v) is 3.87. The van der Waals surface area contributed by atoms with Gasteiger partial charge in [0, 0.05) is 29.0 Å². The summed E-state index contributed by atoms with van der Waals surface area (Å²) in [6.07, 6.45) is 0.215. The quantitative estimate of drug-likeness (QED) is 0.359. The van der Waals surface area contributed by atoms with E-state index in [2.05, 4.69) is 15.5 Å². The topological polar surface area (TPSA) is 105 Å². The standard InChI is InChI=1S/C25H20N4O3S/c30-21(26-20-13-7-12-19(16-20)24(31)32)14-15-33-25-27-22(17-8-3-1-4-9-17)23(28-29-25)18-10-5-2-6-11-18/h1-13,16H,14-15H2,(H,26,30)(H,31,32). The number of amides is 1. The molecule has 7 nitrogen and oxygen atoms in total. The van der Waals surface area contributed by atoms with E-state index in [4.69, 9.17) is 10.1 Å². The Morgan fingerprint density at radius 2 is 1.48 bits per heavy atom. The molecule has 4 aromatic rings. The molecule has 0 fully saturated rings. The fraction of sp³-hybridized carbons (Fsp3) is 0.0800. The van der Waals surface area contributed by atoms with Gasteiger partial charge in [0.2, 0.25) is 11.1 Å². The fourth-order valence-electron chi connectivity index (χ4n) is 3.15. The minimum Gasteiger partial charge on any atom is -0.478 e. The van der Waals surface area contributed by atoms with Crippen LogP contribution in [0.3, 0.4) is 0 Å². The number of carboxylic acids is 1. The summed E-state index contributed by atoms with van der Waals surface area (Å²) >= 11 is 1.34. The molecule has 0 aliphatic rings. The molecule has 0 aliphatic heterocycles. The van der Waals surface area contributed by atoms with Crippen LogP contribution < -0.4 is 5.32 Å². The largest absolute Gasteiger partial charge is 0.478 e. The van der Waals surface area contributed by atoms with Crippen LogP contribution in [-0.4, -0.2) is 37.9 Å². The number of benzene rings is 3. The Balaban J connectivity index is 1.45. The number of anilines is 1. The van der Waals surface area contributed by atoms with Gasteiger partial charge in [0.15, 0.2) is 0 Å². The number of aromatic nitrogens is 3. The van der Waals surface area contributed by atoms with Crippen LogP contribution in [0.4, 0.5) is 5.69 Å². The molecule has 0 bridgehead atoms. The molecule has 4 rings (SSSR count). The lowest BCUT2D eigenvalue weighted by atomic mass is 10.0. The number of carbonyl (C=O) groups excluding carboxylic acids is 1. The van der Waals surface area contributed by atoms with E-state index in [9.17, 15) is 9.59 Å². The van der Waals surface area contributed by atoms with Gasteiger partial charge in [-0.05, 0) is 18.2 Å². The third kappa shape index (κ3) is 5.81. The summed E-state index contributed by atoms with van der Waals surface area (Å²) in [4.78, 5) is 28.1. The minimum atomic E-state index is -1.04. The smallest absolute Gasteiger partial charge is 0.335 e. The average Bonchev–Trinajstić information content (AvgIpc) is 2.85. The van der Waals surface area contributed by atoms with E-state index in [1.54, 1.807) is 12.1 Å². The van der Waals surface area contributed by atoms with Crippen molar-refractivity contribution in [3.63, 3.8) is 0 Å². The Bertz CT molecular complexity index is 1270. The number of rotatable bonds is 8. The van der Waals surface area contributed by atoms with Gasteiger partial charge in [-0.15, -0.1) is 10.2 Å². The molecule has 0 saturated carbocycles. The van der Waals surface area contributed by atoms with Crippen molar-refractivity contribution in [2.75, 3.05) is 11.1 Å². The lowest BCUT2D eigenvalue weighted by Gasteiger charge is -2.09. The number of carboxylic acid groups (broad SMARTS) is 1. The van der Waals surface area contributed by atoms with Crippen LogP contribution in [0.15, 0.2) is 90.1 Å². The van der Waals surface area contributed by atoms with Gasteiger partial charge >= 0.3 is 5.97 Å². The first-order valence-electron chi connectivity index (χ1n) is 10.2. The molecular weight excluding hydrogens is 436 g/mol. The molecule has 8 heteroatoms. The molecule has 2 N–H and O–H groups in total. The van der Waals surface area contributed by atoms with E-state index in [1.807, 2.05) is 60.7 Å². The summed E-state index contributed by atoms with van der Waals surface area (Å²) in [5.74, 6) is -0.813. The second kappa shape index (κ2) is 10.5. The van der Waals surface area contributed by atoms with E-state index >= 15 is 0 Å². The van der Waals surface area contributed by atoms with E-state index in [1.165, 1.54) is 23.9 Å². The summed E-state index contributed by atoms with van der Waals surface area (Å²) in [5.41, 5.74) is 3.85. The van der Waals surface area contributed by atoms with Crippen molar-refractivity contribution in [1.29, 1.82) is 0 Å². The van der Waals surface area contributed by atoms with E-state index in [-0.39, 0.29) is 17.9 Å². The second-order valence-corrected chi connectivity index (χ2v) is 8.12. The van der Waals surface area contributed by atoms with Gasteiger partial charge in [-0.3, -0.25) is 4.79 Å². The Kier molecular flexibility index (Phi) is 7.06. The van der Waals surface area contributed by atoms with Crippen LogP contribution in [0.1, 0.15) is 16.8 Å². The summed E-state index contributed by atoms with van der Waals surface area (Å²) < 4.78 is 0. The first kappa shape index (κ1) is 22.2. The molecule has 0 saturated heterocycles. The SMILES string of the molecule is O=C(CCSc1nnc(-c2ccccc2)c(-c2ccccc2)n1)Nc1cccc(C(=O)O)c1. The zero-order chi connectivity index (χ0) is 23.0. The molecule has 0 spiro atoms. The van der Waals surface area contributed by atoms with Crippen LogP contribution >= 0.6 is 11.8 Å². The maximum absolute atomic E-state index is 12.3. The highest BCUT2D eigenvalue weighted by atomic mass is 32.2. The van der Waals surface area contributed by atoms with Gasteiger partial charge in [-0.2, -0.15) is 0 Å². The summed E-state index contributed by atoms with van der Waals surface area (Å²) in [5, 5.41) is 21.0. The van der Waals surface area contributed by atoms with Crippen molar-refractivity contribution in [1.82, 2.24) is 15.2 Å². The summed E-state index contributed by atoms with van der Waals surface area (Å²) in [7, 11) is 0. The number of aromatic carboxylic acids is 1. The lowest BCUT2D eigenvalue weighted by Crippen LogP contribution is -2.13. The highest BCUT2D eigenvalue weighted by Gasteiger charge is 2.14. The zero-order valence-corrected chi connectivity index (χ0v) is 18.3. The van der Waals surface area contributed by atoms with Gasteiger partial charge in [0.25, 0.3) is 0 Å². The summed E-state index contributed by atoms with van der Waals surface area (Å²) in [6, 6.07) is 25.7. The van der Waals surface area contributed by atoms with Crippen molar-refractivity contribution < 1.29 is 14.7 Å². The zero-order valence-electron chi connectivity index (χ0n) is 17.5. The van der Waals surface area contributed by atoms with Gasteiger partial charge < -0.3 is 10.4 Å². The number of carbonyl (C=O) groups is 2. The first-order chi connectivity index (χ1) is 16.1. The molecular formula is C25H20N4O3S. The van der Waals surface area contributed by atoms with E-state index in [0.717, 1.165) is 16.8 Å². The molecule has 0 atom stereocenters. The first-order valence-corrected chi connectivity index (χ1v) is 11.2. The van der Waals surface area contributed by atoms with Crippen molar-refractivity contribution in [2.45, 2.75) is 11.6 Å². The molecule has 0 unspecified atom stereocenters. The van der Waals surface area contributed by atoms with Crippen molar-refractivity contribution in [3.05, 3.63) is 90.5 Å². The lowest BCUT2D eigenvalue weighted by molar-refractivity contribution is -0.115. The number of hydrogen-bond donors (Lipinski definition) is 2. The van der Waals surface area contributed by atoms with E-state index in [0.29, 0.717) is 22.3 Å². The Hall–Kier alpha value is -4.04. The second-order valence-electron chi connectivity index (χ2n) is 7.06. The molecule has 3 aromatic carbocycles. The third-order valence-corrected chi connectivity index (χ3v) is 5.55. The monoisotopic (exact) mass is 456 g/mol. The Labute approximate surface area is 194 Å². The maximum atomic E-state index is 12.3. The number of hydrogen-bond acceptors (Lipinski definition) is 6. The van der Waals surface area contributed by atoms with Crippen molar-refractivity contribution >= 4 is 29.3 Å². The van der Waals surface area contributed by atoms with Crippen molar-refractivity contribution in [2.24, 2.45) is 0 Å². The molecule has 1 heterocycles. The van der Waals surface area contributed by atoms with Gasteiger partial charge in [-0.1, -0.05) is 78.5 Å². The molecule has 0 aliphatic carbocycles. The van der Waals surface area contributed by atoms with E-state index < -0.39 is 5.97 Å². The van der Waals surface area contributed by atoms with Crippen LogP contribution in [0.5, 0.6) is 0 Å². The minimum absolute atomic E-state index is 0.119. The molecule has 33 heavy (non-hydrogen) atoms. The maximum Gasteiger partial charge on any atom is 0.335 e. The molecule has 0 radical (unpaired) electrons. The number of thioether (sulfide) groups is 1. The van der Waals surface area contributed by atoms with Crippen LogP contribution in [0.2, 0.25) is 0 Å². The molecule has 1 amide bonds. The predicted molar refractivity (Wildman–Crippen MR) is 128 cm³/mol. The van der Waals surface area contributed by atoms with Crippen molar-refractivity contribution in [3.8, 4) is 22.5 Å².